The molecule has 0 spiro atoms. The number of aliphatic hydroxyl groups is 1. The van der Waals surface area contributed by atoms with Gasteiger partial charge < -0.3 is 20.5 Å². The first kappa shape index (κ1) is 21.7. The van der Waals surface area contributed by atoms with Crippen molar-refractivity contribution in [3.05, 3.63) is 0 Å². The largest absolute Gasteiger partial charge is 0.444 e. The number of nitrogens with zero attached hydrogens (tertiary/aromatic N) is 1. The maximum atomic E-state index is 12.5. The van der Waals surface area contributed by atoms with Crippen LogP contribution in [-0.2, 0) is 9.53 Å². The van der Waals surface area contributed by atoms with Crippen LogP contribution in [0.5, 0.6) is 0 Å². The topological polar surface area (TPSA) is 90.9 Å². The van der Waals surface area contributed by atoms with Gasteiger partial charge in [-0.1, -0.05) is 6.42 Å². The molecule has 0 radical (unpaired) electrons. The smallest absolute Gasteiger partial charge is 0.407 e. The molecule has 7 nitrogen and oxygen atoms in total. The van der Waals surface area contributed by atoms with E-state index in [1.54, 1.807) is 20.8 Å². The number of rotatable bonds is 5. The molecule has 1 saturated heterocycles. The Morgan fingerprint density at radius 2 is 1.84 bits per heavy atom. The highest BCUT2D eigenvalue weighted by Crippen LogP contribution is 2.18. The number of carbonyl (C=O) groups excluding carboxylic acids is 2. The summed E-state index contributed by atoms with van der Waals surface area (Å²) in [4.78, 5) is 26.2. The van der Waals surface area contributed by atoms with Crippen molar-refractivity contribution in [1.82, 2.24) is 15.5 Å². The Morgan fingerprint density at radius 3 is 2.40 bits per heavy atom. The van der Waals surface area contributed by atoms with Crippen molar-refractivity contribution in [3.63, 3.8) is 0 Å². The number of likely N-dealkylation sites (tertiary alicyclic amines) is 1. The van der Waals surface area contributed by atoms with E-state index in [1.165, 1.54) is 0 Å². The summed E-state index contributed by atoms with van der Waals surface area (Å²) in [6.07, 6.45) is 1.49. The van der Waals surface area contributed by atoms with Crippen LogP contribution in [0.25, 0.3) is 0 Å². The van der Waals surface area contributed by atoms with E-state index in [4.69, 9.17) is 4.74 Å². The van der Waals surface area contributed by atoms with Crippen molar-refractivity contribution in [2.75, 3.05) is 19.6 Å². The van der Waals surface area contributed by atoms with Gasteiger partial charge in [-0.25, -0.2) is 4.79 Å². The van der Waals surface area contributed by atoms with Crippen LogP contribution in [0.15, 0.2) is 0 Å². The zero-order chi connectivity index (χ0) is 19.3. The van der Waals surface area contributed by atoms with Crippen molar-refractivity contribution in [1.29, 1.82) is 0 Å². The number of β-amino-alcohol motifs (C(OH)–C–C–N with tert-alkyl or cyclic N) is 1. The van der Waals surface area contributed by atoms with Crippen molar-refractivity contribution in [2.45, 2.75) is 84.1 Å². The summed E-state index contributed by atoms with van der Waals surface area (Å²) >= 11 is 0. The van der Waals surface area contributed by atoms with Gasteiger partial charge >= 0.3 is 6.09 Å². The van der Waals surface area contributed by atoms with Crippen molar-refractivity contribution in [2.24, 2.45) is 0 Å². The van der Waals surface area contributed by atoms with Gasteiger partial charge in [0.25, 0.3) is 0 Å². The molecule has 0 aromatic heterocycles. The van der Waals surface area contributed by atoms with Gasteiger partial charge in [0.05, 0.1) is 12.1 Å². The first-order valence-corrected chi connectivity index (χ1v) is 9.08. The van der Waals surface area contributed by atoms with E-state index in [9.17, 15) is 14.7 Å². The van der Waals surface area contributed by atoms with Crippen LogP contribution in [0.4, 0.5) is 4.79 Å². The maximum Gasteiger partial charge on any atom is 0.407 e. The van der Waals surface area contributed by atoms with E-state index >= 15 is 0 Å². The number of nitrogens with one attached hydrogen (secondary N) is 2. The summed E-state index contributed by atoms with van der Waals surface area (Å²) in [7, 11) is 0. The SMILES string of the molecule is CC(C)(C)NC(=O)[C@@H]1CCCCN1CC(O)CNC(=O)OC(C)(C)C. The third kappa shape index (κ3) is 9.07. The maximum absolute atomic E-state index is 12.5. The van der Waals surface area contributed by atoms with Gasteiger partial charge in [0.15, 0.2) is 0 Å². The lowest BCUT2D eigenvalue weighted by Crippen LogP contribution is -2.55. The van der Waals surface area contributed by atoms with E-state index in [2.05, 4.69) is 10.6 Å². The molecule has 0 aromatic rings. The lowest BCUT2D eigenvalue weighted by Gasteiger charge is -2.37. The van der Waals surface area contributed by atoms with Crippen LogP contribution < -0.4 is 10.6 Å². The third-order valence-electron chi connectivity index (χ3n) is 3.74. The standard InChI is InChI=1S/C18H35N3O4/c1-17(2,3)20-15(23)14-9-7-8-10-21(14)12-13(22)11-19-16(24)25-18(4,5)6/h13-14,22H,7-12H2,1-6H3,(H,19,24)(H,20,23)/t13?,14-/m0/s1. The molecule has 0 saturated carbocycles. The Kier molecular flexibility index (Phi) is 7.68. The fraction of sp³-hybridized carbons (Fsp3) is 0.889. The fourth-order valence-corrected chi connectivity index (χ4v) is 2.81. The van der Waals surface area contributed by atoms with Crippen LogP contribution in [-0.4, -0.2) is 64.9 Å². The number of ether oxygens (including phenoxy) is 1. The lowest BCUT2D eigenvalue weighted by molar-refractivity contribution is -0.129. The van der Waals surface area contributed by atoms with Crippen molar-refractivity contribution < 1.29 is 19.4 Å². The highest BCUT2D eigenvalue weighted by Gasteiger charge is 2.31. The van der Waals surface area contributed by atoms with E-state index in [-0.39, 0.29) is 24.0 Å². The molecule has 1 aliphatic rings. The second-order valence-corrected chi connectivity index (χ2v) is 8.78. The molecular weight excluding hydrogens is 322 g/mol. The zero-order valence-electron chi connectivity index (χ0n) is 16.5. The Labute approximate surface area is 151 Å². The molecule has 1 rings (SSSR count). The highest BCUT2D eigenvalue weighted by molar-refractivity contribution is 5.82. The number of piperidine rings is 1. The van der Waals surface area contributed by atoms with Crippen LogP contribution in [0.1, 0.15) is 60.8 Å². The van der Waals surface area contributed by atoms with Gasteiger partial charge in [-0.3, -0.25) is 9.69 Å². The minimum absolute atomic E-state index is 0.000462. The van der Waals surface area contributed by atoms with Crippen molar-refractivity contribution in [3.8, 4) is 0 Å². The average molecular weight is 357 g/mol. The molecule has 1 unspecified atom stereocenters. The van der Waals surface area contributed by atoms with E-state index in [1.807, 2.05) is 25.7 Å². The first-order chi connectivity index (χ1) is 11.4. The van der Waals surface area contributed by atoms with Crippen LogP contribution in [0, 0.1) is 0 Å². The second kappa shape index (κ2) is 8.85. The number of amides is 2. The number of hydrogen-bond acceptors (Lipinski definition) is 5. The third-order valence-corrected chi connectivity index (χ3v) is 3.74. The molecule has 1 aliphatic heterocycles. The molecule has 0 bridgehead atoms. The van der Waals surface area contributed by atoms with E-state index in [0.29, 0.717) is 6.54 Å². The highest BCUT2D eigenvalue weighted by atomic mass is 16.6. The van der Waals surface area contributed by atoms with Gasteiger partial charge in [0.2, 0.25) is 5.91 Å². The van der Waals surface area contributed by atoms with Crippen LogP contribution in [0.3, 0.4) is 0 Å². The van der Waals surface area contributed by atoms with Gasteiger partial charge in [0, 0.05) is 18.6 Å². The Bertz CT molecular complexity index is 454. The molecule has 0 aliphatic carbocycles. The van der Waals surface area contributed by atoms with Gasteiger partial charge in [-0.2, -0.15) is 0 Å². The van der Waals surface area contributed by atoms with E-state index < -0.39 is 17.8 Å². The summed E-state index contributed by atoms with van der Waals surface area (Å²) in [5, 5.41) is 15.8. The molecule has 0 aromatic carbocycles. The van der Waals surface area contributed by atoms with Crippen LogP contribution in [0.2, 0.25) is 0 Å². The average Bonchev–Trinajstić information content (AvgIpc) is 2.42. The second-order valence-electron chi connectivity index (χ2n) is 8.78. The molecule has 3 N–H and O–H groups in total. The van der Waals surface area contributed by atoms with Crippen molar-refractivity contribution >= 4 is 12.0 Å². The molecule has 7 heteroatoms. The minimum Gasteiger partial charge on any atom is -0.444 e. The van der Waals surface area contributed by atoms with Gasteiger partial charge in [-0.15, -0.1) is 0 Å². The molecular formula is C18H35N3O4. The predicted molar refractivity (Wildman–Crippen MR) is 97.4 cm³/mol. The molecule has 2 amide bonds. The van der Waals surface area contributed by atoms with E-state index in [0.717, 1.165) is 25.8 Å². The zero-order valence-corrected chi connectivity index (χ0v) is 16.5. The van der Waals surface area contributed by atoms with Gasteiger partial charge in [0.1, 0.15) is 5.60 Å². The number of carbonyl (C=O) groups is 2. The van der Waals surface area contributed by atoms with Crippen LogP contribution >= 0.6 is 0 Å². The molecule has 1 heterocycles. The molecule has 2 atom stereocenters. The lowest BCUT2D eigenvalue weighted by atomic mass is 9.99. The fourth-order valence-electron chi connectivity index (χ4n) is 2.81. The summed E-state index contributed by atoms with van der Waals surface area (Å²) < 4.78 is 5.15. The Morgan fingerprint density at radius 1 is 1.20 bits per heavy atom. The first-order valence-electron chi connectivity index (χ1n) is 9.08. The molecule has 25 heavy (non-hydrogen) atoms. The predicted octanol–water partition coefficient (Wildman–Crippen LogP) is 1.64. The summed E-state index contributed by atoms with van der Waals surface area (Å²) in [6, 6.07) is -0.232. The normalized spacial score (nSPS) is 20.7. The molecule has 146 valence electrons. The summed E-state index contributed by atoms with van der Waals surface area (Å²) in [5.74, 6) is -0.000462. The number of alkyl carbamates (subject to hydrolysis) is 1. The van der Waals surface area contributed by atoms with Gasteiger partial charge in [-0.05, 0) is 60.9 Å². The molecule has 1 fully saturated rings. The summed E-state index contributed by atoms with van der Waals surface area (Å²) in [5.41, 5.74) is -0.852. The number of hydrogen-bond donors (Lipinski definition) is 3. The Hall–Kier alpha value is -1.34. The quantitative estimate of drug-likeness (QED) is 0.696. The monoisotopic (exact) mass is 357 g/mol. The summed E-state index contributed by atoms with van der Waals surface area (Å²) in [6.45, 7) is 12.4. The minimum atomic E-state index is -0.754. The number of aliphatic hydroxyl groups excluding tert-OH is 1. The Balaban J connectivity index is 2.51.